The third kappa shape index (κ3) is 2.87. The van der Waals surface area contributed by atoms with Gasteiger partial charge in [-0.15, -0.1) is 0 Å². The Morgan fingerprint density at radius 1 is 1.17 bits per heavy atom. The smallest absolute Gasteiger partial charge is 0.123 e. The largest absolute Gasteiger partial charge is 0.487 e. The Morgan fingerprint density at radius 2 is 2.00 bits per heavy atom. The summed E-state index contributed by atoms with van der Waals surface area (Å²) in [6.45, 7) is 6.71. The number of rotatable bonds is 2. The number of nitrogens with zero attached hydrogens (tertiary/aromatic N) is 1. The maximum Gasteiger partial charge on any atom is 0.123 e. The molecule has 0 unspecified atom stereocenters. The minimum absolute atomic E-state index is 0.0960. The molecular weight excluding hydrogens is 286 g/mol. The summed E-state index contributed by atoms with van der Waals surface area (Å²) in [4.78, 5) is 2.32. The molecule has 0 fully saturated rings. The Labute approximate surface area is 137 Å². The van der Waals surface area contributed by atoms with Gasteiger partial charge in [0.05, 0.1) is 6.10 Å². The lowest BCUT2D eigenvalue weighted by Crippen LogP contribution is -2.33. The van der Waals surface area contributed by atoms with E-state index in [2.05, 4.69) is 43.0 Å². The molecule has 2 aliphatic heterocycles. The van der Waals surface area contributed by atoms with Crippen molar-refractivity contribution in [3.63, 3.8) is 0 Å². The van der Waals surface area contributed by atoms with Crippen LogP contribution in [0.15, 0.2) is 42.5 Å². The molecule has 120 valence electrons. The molecule has 0 radical (unpaired) electrons. The van der Waals surface area contributed by atoms with Gasteiger partial charge in [-0.25, -0.2) is 0 Å². The molecule has 0 saturated heterocycles. The Balaban J connectivity index is 1.52. The maximum atomic E-state index is 10.4. The van der Waals surface area contributed by atoms with Crippen LogP contribution < -0.4 is 4.74 Å². The van der Waals surface area contributed by atoms with E-state index in [1.807, 2.05) is 18.2 Å². The summed E-state index contributed by atoms with van der Waals surface area (Å²) in [6.07, 6.45) is 0.568. The number of ether oxygens (including phenoxy) is 1. The second-order valence-corrected chi connectivity index (χ2v) is 7.36. The van der Waals surface area contributed by atoms with Crippen LogP contribution in [0.5, 0.6) is 5.75 Å². The van der Waals surface area contributed by atoms with E-state index in [1.54, 1.807) is 0 Å². The first-order valence-electron chi connectivity index (χ1n) is 8.29. The summed E-state index contributed by atoms with van der Waals surface area (Å²) >= 11 is 0. The molecule has 3 nitrogen and oxygen atoms in total. The predicted octanol–water partition coefficient (Wildman–Crippen LogP) is 3.45. The van der Waals surface area contributed by atoms with E-state index in [1.165, 1.54) is 16.7 Å². The van der Waals surface area contributed by atoms with Crippen molar-refractivity contribution >= 4 is 0 Å². The van der Waals surface area contributed by atoms with Crippen molar-refractivity contribution < 1.29 is 9.84 Å². The molecule has 2 aliphatic rings. The lowest BCUT2D eigenvalue weighted by molar-refractivity contribution is 0.0882. The second kappa shape index (κ2) is 5.36. The number of aliphatic hydroxyl groups excluding tert-OH is 1. The average molecular weight is 309 g/mol. The first kappa shape index (κ1) is 14.7. The second-order valence-electron chi connectivity index (χ2n) is 7.36. The van der Waals surface area contributed by atoms with Gasteiger partial charge in [-0.3, -0.25) is 4.90 Å². The van der Waals surface area contributed by atoms with Gasteiger partial charge in [0.25, 0.3) is 0 Å². The summed E-state index contributed by atoms with van der Waals surface area (Å²) < 4.78 is 5.95. The molecule has 1 N–H and O–H groups in total. The number of hydrogen-bond donors (Lipinski definition) is 1. The van der Waals surface area contributed by atoms with Gasteiger partial charge in [-0.05, 0) is 42.2 Å². The van der Waals surface area contributed by atoms with Crippen LogP contribution in [-0.2, 0) is 19.5 Å². The normalized spacial score (nSPS) is 22.3. The van der Waals surface area contributed by atoms with Gasteiger partial charge in [-0.1, -0.05) is 36.4 Å². The highest BCUT2D eigenvalue weighted by atomic mass is 16.5. The van der Waals surface area contributed by atoms with E-state index in [0.717, 1.165) is 30.8 Å². The van der Waals surface area contributed by atoms with Crippen molar-refractivity contribution in [1.82, 2.24) is 4.90 Å². The van der Waals surface area contributed by atoms with Crippen LogP contribution in [-0.4, -0.2) is 22.2 Å². The Kier molecular flexibility index (Phi) is 3.43. The van der Waals surface area contributed by atoms with E-state index in [4.69, 9.17) is 4.74 Å². The van der Waals surface area contributed by atoms with Crippen LogP contribution in [0.3, 0.4) is 0 Å². The van der Waals surface area contributed by atoms with Crippen LogP contribution >= 0.6 is 0 Å². The minimum Gasteiger partial charge on any atom is -0.487 e. The highest BCUT2D eigenvalue weighted by molar-refractivity contribution is 5.42. The number of fused-ring (bicyclic) bond motifs is 2. The van der Waals surface area contributed by atoms with Gasteiger partial charge in [0.1, 0.15) is 11.4 Å². The first-order chi connectivity index (χ1) is 11.0. The molecule has 1 atom stereocenters. The van der Waals surface area contributed by atoms with Gasteiger partial charge < -0.3 is 9.84 Å². The maximum absolute atomic E-state index is 10.4. The van der Waals surface area contributed by atoms with E-state index >= 15 is 0 Å². The van der Waals surface area contributed by atoms with Gasteiger partial charge >= 0.3 is 0 Å². The molecular formula is C20H23NO2. The van der Waals surface area contributed by atoms with Crippen LogP contribution in [0.2, 0.25) is 0 Å². The first-order valence-corrected chi connectivity index (χ1v) is 8.29. The molecule has 2 aromatic rings. The number of β-amino-alcohol motifs (C(OH)–C–C–N with tert-alkyl or cyclic N) is 1. The fourth-order valence-electron chi connectivity index (χ4n) is 3.79. The van der Waals surface area contributed by atoms with Crippen molar-refractivity contribution in [2.24, 2.45) is 0 Å². The summed E-state index contributed by atoms with van der Waals surface area (Å²) in [6, 6.07) is 14.7. The molecule has 0 amide bonds. The SMILES string of the molecule is CC1(C)Cc2cc(CN3Cc4ccccc4[C@H](O)C3)ccc2O1. The lowest BCUT2D eigenvalue weighted by Gasteiger charge is -2.32. The molecule has 0 spiro atoms. The molecule has 0 saturated carbocycles. The molecule has 2 heterocycles. The van der Waals surface area contributed by atoms with Crippen molar-refractivity contribution in [3.8, 4) is 5.75 Å². The molecule has 23 heavy (non-hydrogen) atoms. The highest BCUT2D eigenvalue weighted by Crippen LogP contribution is 2.36. The van der Waals surface area contributed by atoms with Crippen molar-refractivity contribution in [3.05, 3.63) is 64.7 Å². The van der Waals surface area contributed by atoms with Crippen molar-refractivity contribution in [1.29, 1.82) is 0 Å². The Bertz CT molecular complexity index is 738. The lowest BCUT2D eigenvalue weighted by atomic mass is 9.96. The molecule has 3 heteroatoms. The van der Waals surface area contributed by atoms with E-state index in [-0.39, 0.29) is 5.60 Å². The summed E-state index contributed by atoms with van der Waals surface area (Å²) in [5.74, 6) is 1.02. The zero-order valence-corrected chi connectivity index (χ0v) is 13.7. The number of aliphatic hydroxyl groups is 1. The summed E-state index contributed by atoms with van der Waals surface area (Å²) in [7, 11) is 0. The molecule has 0 bridgehead atoms. The van der Waals surface area contributed by atoms with Crippen LogP contribution in [0.1, 0.15) is 42.2 Å². The molecule has 2 aromatic carbocycles. The van der Waals surface area contributed by atoms with Gasteiger partial charge in [0.2, 0.25) is 0 Å². The van der Waals surface area contributed by atoms with E-state index in [0.29, 0.717) is 6.54 Å². The monoisotopic (exact) mass is 309 g/mol. The standard InChI is InChI=1S/C20H23NO2/c1-20(2)10-16-9-14(7-8-19(16)23-20)11-21-12-15-5-3-4-6-17(15)18(22)13-21/h3-9,18,22H,10-13H2,1-2H3/t18-/m1/s1. The van der Waals surface area contributed by atoms with E-state index in [9.17, 15) is 5.11 Å². The molecule has 0 aromatic heterocycles. The zero-order chi connectivity index (χ0) is 16.0. The molecule has 0 aliphatic carbocycles. The van der Waals surface area contributed by atoms with E-state index < -0.39 is 6.10 Å². The summed E-state index contributed by atoms with van der Waals surface area (Å²) in [5, 5.41) is 10.4. The van der Waals surface area contributed by atoms with Gasteiger partial charge in [0.15, 0.2) is 0 Å². The van der Waals surface area contributed by atoms with Crippen LogP contribution in [0.4, 0.5) is 0 Å². The van der Waals surface area contributed by atoms with Crippen LogP contribution in [0, 0.1) is 0 Å². The number of benzene rings is 2. The Morgan fingerprint density at radius 3 is 2.87 bits per heavy atom. The zero-order valence-electron chi connectivity index (χ0n) is 13.7. The third-order valence-electron chi connectivity index (χ3n) is 4.77. The van der Waals surface area contributed by atoms with Crippen LogP contribution in [0.25, 0.3) is 0 Å². The van der Waals surface area contributed by atoms with Gasteiger partial charge in [-0.2, -0.15) is 0 Å². The third-order valence-corrected chi connectivity index (χ3v) is 4.77. The fourth-order valence-corrected chi connectivity index (χ4v) is 3.79. The average Bonchev–Trinajstić information content (AvgIpc) is 2.80. The van der Waals surface area contributed by atoms with Crippen molar-refractivity contribution in [2.45, 2.75) is 45.1 Å². The Hall–Kier alpha value is -1.84. The topological polar surface area (TPSA) is 32.7 Å². The summed E-state index contributed by atoms with van der Waals surface area (Å²) in [5.41, 5.74) is 4.80. The number of hydrogen-bond acceptors (Lipinski definition) is 3. The van der Waals surface area contributed by atoms with Crippen molar-refractivity contribution in [2.75, 3.05) is 6.54 Å². The quantitative estimate of drug-likeness (QED) is 0.922. The highest BCUT2D eigenvalue weighted by Gasteiger charge is 2.30. The minimum atomic E-state index is -0.392. The van der Waals surface area contributed by atoms with Gasteiger partial charge in [0, 0.05) is 26.1 Å². The predicted molar refractivity (Wildman–Crippen MR) is 90.4 cm³/mol. The molecule has 4 rings (SSSR count). The fraction of sp³-hybridized carbons (Fsp3) is 0.400.